The number of hydrogen-bond donors (Lipinski definition) is 1. The van der Waals surface area contributed by atoms with E-state index < -0.39 is 10.8 Å². The lowest BCUT2D eigenvalue weighted by Gasteiger charge is -2.04. The van der Waals surface area contributed by atoms with Crippen LogP contribution < -0.4 is 5.32 Å². The molecule has 0 radical (unpaired) electrons. The monoisotopic (exact) mass is 275 g/mol. The lowest BCUT2D eigenvalue weighted by atomic mass is 10.4. The predicted molar refractivity (Wildman–Crippen MR) is 72.1 cm³/mol. The number of ether oxygens (including phenoxy) is 1. The molecule has 0 aliphatic heterocycles. The standard InChI is InChI=1S/C12H18ClNO2S/c1-16-8-7-14-6-3-9-17(15)12-5-2-4-11(13)10-12/h2,4-5,10,14H,3,6-9H2,1H3. The zero-order valence-electron chi connectivity index (χ0n) is 9.95. The smallest absolute Gasteiger partial charge is 0.0587 e. The molecule has 1 unspecified atom stereocenters. The highest BCUT2D eigenvalue weighted by Crippen LogP contribution is 2.14. The number of nitrogens with one attached hydrogen (secondary N) is 1. The minimum Gasteiger partial charge on any atom is -0.383 e. The molecule has 0 aliphatic carbocycles. The second-order valence-corrected chi connectivity index (χ2v) is 5.61. The zero-order chi connectivity index (χ0) is 12.5. The minimum absolute atomic E-state index is 0.633. The molecular formula is C12H18ClNO2S. The van der Waals surface area contributed by atoms with Gasteiger partial charge < -0.3 is 10.1 Å². The van der Waals surface area contributed by atoms with Crippen molar-refractivity contribution < 1.29 is 8.95 Å². The average Bonchev–Trinajstić information content (AvgIpc) is 2.33. The summed E-state index contributed by atoms with van der Waals surface area (Å²) in [5, 5.41) is 3.85. The van der Waals surface area contributed by atoms with Gasteiger partial charge in [0, 0.05) is 29.3 Å². The molecule has 0 bridgehead atoms. The highest BCUT2D eigenvalue weighted by atomic mass is 35.5. The van der Waals surface area contributed by atoms with Crippen molar-refractivity contribution in [2.75, 3.05) is 32.6 Å². The van der Waals surface area contributed by atoms with E-state index in [9.17, 15) is 4.21 Å². The van der Waals surface area contributed by atoms with E-state index >= 15 is 0 Å². The van der Waals surface area contributed by atoms with E-state index in [1.165, 1.54) is 0 Å². The Morgan fingerprint density at radius 1 is 1.41 bits per heavy atom. The highest BCUT2D eigenvalue weighted by Gasteiger charge is 2.03. The maximum absolute atomic E-state index is 11.9. The molecule has 1 rings (SSSR count). The van der Waals surface area contributed by atoms with Gasteiger partial charge in [-0.05, 0) is 31.2 Å². The van der Waals surface area contributed by atoms with Gasteiger partial charge in [-0.1, -0.05) is 17.7 Å². The van der Waals surface area contributed by atoms with Crippen LogP contribution in [0.2, 0.25) is 5.02 Å². The Bertz CT molecular complexity index is 360. The van der Waals surface area contributed by atoms with Crippen molar-refractivity contribution in [2.45, 2.75) is 11.3 Å². The SMILES string of the molecule is COCCNCCCS(=O)c1cccc(Cl)c1. The molecule has 0 aromatic heterocycles. The third-order valence-electron chi connectivity index (χ3n) is 2.23. The van der Waals surface area contributed by atoms with Crippen LogP contribution in [-0.4, -0.2) is 36.8 Å². The molecule has 1 aromatic rings. The molecule has 5 heteroatoms. The van der Waals surface area contributed by atoms with Crippen molar-refractivity contribution in [1.29, 1.82) is 0 Å². The maximum atomic E-state index is 11.9. The summed E-state index contributed by atoms with van der Waals surface area (Å²) in [6, 6.07) is 7.22. The van der Waals surface area contributed by atoms with E-state index in [0.29, 0.717) is 17.4 Å². The van der Waals surface area contributed by atoms with E-state index in [1.54, 1.807) is 19.2 Å². The van der Waals surface area contributed by atoms with Crippen LogP contribution in [0.15, 0.2) is 29.2 Å². The largest absolute Gasteiger partial charge is 0.383 e. The topological polar surface area (TPSA) is 38.3 Å². The van der Waals surface area contributed by atoms with Gasteiger partial charge in [0.15, 0.2) is 0 Å². The summed E-state index contributed by atoms with van der Waals surface area (Å²) >= 11 is 5.85. The summed E-state index contributed by atoms with van der Waals surface area (Å²) < 4.78 is 16.8. The zero-order valence-corrected chi connectivity index (χ0v) is 11.5. The number of rotatable bonds is 8. The Labute approximate surface area is 110 Å². The first-order valence-corrected chi connectivity index (χ1v) is 7.27. The van der Waals surface area contributed by atoms with Crippen LogP contribution in [0.4, 0.5) is 0 Å². The van der Waals surface area contributed by atoms with Crippen molar-refractivity contribution in [3.63, 3.8) is 0 Å². The third-order valence-corrected chi connectivity index (χ3v) is 3.90. The Kier molecular flexibility index (Phi) is 7.44. The van der Waals surface area contributed by atoms with Gasteiger partial charge >= 0.3 is 0 Å². The van der Waals surface area contributed by atoms with Gasteiger partial charge in [0.05, 0.1) is 17.4 Å². The second kappa shape index (κ2) is 8.64. The minimum atomic E-state index is -0.957. The predicted octanol–water partition coefficient (Wildman–Crippen LogP) is 2.07. The summed E-state index contributed by atoms with van der Waals surface area (Å²) in [6.07, 6.45) is 0.878. The van der Waals surface area contributed by atoms with Gasteiger partial charge in [-0.15, -0.1) is 0 Å². The molecule has 1 aromatic carbocycles. The van der Waals surface area contributed by atoms with Gasteiger partial charge in [0.25, 0.3) is 0 Å². The van der Waals surface area contributed by atoms with Gasteiger partial charge in [-0.25, -0.2) is 0 Å². The Hall–Kier alpha value is -0.420. The normalized spacial score (nSPS) is 12.6. The lowest BCUT2D eigenvalue weighted by molar-refractivity contribution is 0.199. The first-order chi connectivity index (χ1) is 8.24. The van der Waals surface area contributed by atoms with Crippen LogP contribution in [-0.2, 0) is 15.5 Å². The fourth-order valence-electron chi connectivity index (χ4n) is 1.35. The molecule has 3 nitrogen and oxygen atoms in total. The van der Waals surface area contributed by atoms with Crippen LogP contribution in [0.3, 0.4) is 0 Å². The van der Waals surface area contributed by atoms with Crippen molar-refractivity contribution >= 4 is 22.4 Å². The Balaban J connectivity index is 2.21. The summed E-state index contributed by atoms with van der Waals surface area (Å²) in [5.74, 6) is 0.653. The van der Waals surface area contributed by atoms with E-state index in [0.717, 1.165) is 24.4 Å². The first kappa shape index (κ1) is 14.6. The van der Waals surface area contributed by atoms with Crippen LogP contribution in [0.25, 0.3) is 0 Å². The second-order valence-electron chi connectivity index (χ2n) is 3.60. The van der Waals surface area contributed by atoms with Crippen LogP contribution in [0.1, 0.15) is 6.42 Å². The van der Waals surface area contributed by atoms with Gasteiger partial charge in [-0.3, -0.25) is 4.21 Å². The molecule has 1 atom stereocenters. The molecule has 1 N–H and O–H groups in total. The summed E-state index contributed by atoms with van der Waals surface area (Å²) in [6.45, 7) is 2.40. The average molecular weight is 276 g/mol. The quantitative estimate of drug-likeness (QED) is 0.738. The van der Waals surface area contributed by atoms with Crippen molar-refractivity contribution in [1.82, 2.24) is 5.32 Å². The van der Waals surface area contributed by atoms with Gasteiger partial charge in [-0.2, -0.15) is 0 Å². The molecular weight excluding hydrogens is 258 g/mol. The van der Waals surface area contributed by atoms with Gasteiger partial charge in [0.2, 0.25) is 0 Å². The maximum Gasteiger partial charge on any atom is 0.0587 e. The molecule has 0 amide bonds. The molecule has 0 spiro atoms. The number of halogens is 1. The summed E-state index contributed by atoms with van der Waals surface area (Å²) in [5.41, 5.74) is 0. The Morgan fingerprint density at radius 2 is 2.24 bits per heavy atom. The van der Waals surface area contributed by atoms with Crippen LogP contribution in [0, 0.1) is 0 Å². The van der Waals surface area contributed by atoms with E-state index in [-0.39, 0.29) is 0 Å². The molecule has 0 aliphatic rings. The molecule has 17 heavy (non-hydrogen) atoms. The Morgan fingerprint density at radius 3 is 2.94 bits per heavy atom. The van der Waals surface area contributed by atoms with E-state index in [1.807, 2.05) is 12.1 Å². The molecule has 0 fully saturated rings. The van der Waals surface area contributed by atoms with Crippen LogP contribution in [0.5, 0.6) is 0 Å². The van der Waals surface area contributed by atoms with Crippen molar-refractivity contribution in [2.24, 2.45) is 0 Å². The molecule has 0 heterocycles. The summed E-state index contributed by atoms with van der Waals surface area (Å²) in [7, 11) is 0.720. The number of methoxy groups -OCH3 is 1. The third kappa shape index (κ3) is 6.17. The number of benzene rings is 1. The fourth-order valence-corrected chi connectivity index (χ4v) is 2.74. The molecule has 0 saturated carbocycles. The van der Waals surface area contributed by atoms with Crippen molar-refractivity contribution in [3.8, 4) is 0 Å². The van der Waals surface area contributed by atoms with Crippen LogP contribution >= 0.6 is 11.6 Å². The highest BCUT2D eigenvalue weighted by molar-refractivity contribution is 7.85. The summed E-state index contributed by atoms with van der Waals surface area (Å²) in [4.78, 5) is 0.800. The lowest BCUT2D eigenvalue weighted by Crippen LogP contribution is -2.21. The number of hydrogen-bond acceptors (Lipinski definition) is 3. The molecule has 0 saturated heterocycles. The molecule has 96 valence electrons. The van der Waals surface area contributed by atoms with E-state index in [4.69, 9.17) is 16.3 Å². The fraction of sp³-hybridized carbons (Fsp3) is 0.500. The van der Waals surface area contributed by atoms with Gasteiger partial charge in [0.1, 0.15) is 0 Å². The van der Waals surface area contributed by atoms with E-state index in [2.05, 4.69) is 5.32 Å². The van der Waals surface area contributed by atoms with Crippen molar-refractivity contribution in [3.05, 3.63) is 29.3 Å². The first-order valence-electron chi connectivity index (χ1n) is 5.57.